The van der Waals surface area contributed by atoms with Crippen LogP contribution in [0.1, 0.15) is 45.6 Å². The number of carbonyl (C=O) groups excluding carboxylic acids is 1. The van der Waals surface area contributed by atoms with E-state index in [1.54, 1.807) is 32.0 Å². The number of alkyl halides is 6. The highest BCUT2D eigenvalue weighted by molar-refractivity contribution is 5.47. The van der Waals surface area contributed by atoms with Crippen molar-refractivity contribution < 1.29 is 31.1 Å². The van der Waals surface area contributed by atoms with Gasteiger partial charge in [0.1, 0.15) is 5.41 Å². The van der Waals surface area contributed by atoms with Gasteiger partial charge in [0.25, 0.3) is 0 Å². The summed E-state index contributed by atoms with van der Waals surface area (Å²) in [5, 5.41) is 0. The zero-order valence-corrected chi connectivity index (χ0v) is 22.9. The molecule has 40 heavy (non-hydrogen) atoms. The minimum absolute atomic E-state index is 0.0914. The number of amides is 1. The molecule has 0 N–H and O–H groups in total. The Morgan fingerprint density at radius 2 is 1.65 bits per heavy atom. The number of carbonyl (C=O) groups is 1. The Labute approximate surface area is 229 Å². The lowest BCUT2D eigenvalue weighted by Crippen LogP contribution is -2.45. The van der Waals surface area contributed by atoms with E-state index in [0.29, 0.717) is 6.54 Å². The normalized spacial score (nSPS) is 17.3. The minimum Gasteiger partial charge on any atom is -0.342 e. The van der Waals surface area contributed by atoms with Crippen LogP contribution in [0.25, 0.3) is 0 Å². The van der Waals surface area contributed by atoms with Crippen molar-refractivity contribution in [2.24, 2.45) is 0 Å². The maximum absolute atomic E-state index is 14.2. The summed E-state index contributed by atoms with van der Waals surface area (Å²) < 4.78 is 82.2. The molecule has 0 bridgehead atoms. The van der Waals surface area contributed by atoms with Crippen molar-refractivity contribution in [2.45, 2.75) is 58.4 Å². The number of benzene rings is 1. The molecule has 3 aromatic rings. The van der Waals surface area contributed by atoms with E-state index in [1.807, 2.05) is 25.1 Å². The van der Waals surface area contributed by atoms with E-state index in [4.69, 9.17) is 0 Å². The summed E-state index contributed by atoms with van der Waals surface area (Å²) in [5.41, 5.74) is -0.0681. The van der Waals surface area contributed by atoms with E-state index >= 15 is 0 Å². The summed E-state index contributed by atoms with van der Waals surface area (Å²) in [4.78, 5) is 24.4. The van der Waals surface area contributed by atoms with Crippen LogP contribution in [0.4, 0.5) is 32.3 Å². The van der Waals surface area contributed by atoms with Gasteiger partial charge in [0.05, 0.1) is 12.2 Å². The van der Waals surface area contributed by atoms with E-state index in [1.165, 1.54) is 24.0 Å². The Hall–Kier alpha value is -3.70. The first-order valence-electron chi connectivity index (χ1n) is 12.5. The average molecular weight is 568 g/mol. The fourth-order valence-corrected chi connectivity index (χ4v) is 4.58. The third-order valence-corrected chi connectivity index (χ3v) is 7.12. The van der Waals surface area contributed by atoms with Gasteiger partial charge in [-0.1, -0.05) is 18.2 Å². The first-order valence-corrected chi connectivity index (χ1v) is 12.5. The first-order chi connectivity index (χ1) is 18.6. The summed E-state index contributed by atoms with van der Waals surface area (Å²) in [7, 11) is 1.72. The highest BCUT2D eigenvalue weighted by Gasteiger charge is 2.59. The van der Waals surface area contributed by atoms with E-state index < -0.39 is 30.0 Å². The number of hydrogen-bond donors (Lipinski definition) is 0. The Balaban J connectivity index is 0.000000336. The van der Waals surface area contributed by atoms with Gasteiger partial charge in [0.15, 0.2) is 5.69 Å². The van der Waals surface area contributed by atoms with Gasteiger partial charge < -0.3 is 9.80 Å². The van der Waals surface area contributed by atoms with Crippen molar-refractivity contribution in [1.82, 2.24) is 19.9 Å². The molecule has 1 aliphatic rings. The van der Waals surface area contributed by atoms with E-state index in [2.05, 4.69) is 15.0 Å². The molecule has 3 heterocycles. The fourth-order valence-electron chi connectivity index (χ4n) is 4.58. The molecule has 216 valence electrons. The van der Waals surface area contributed by atoms with Gasteiger partial charge in [-0.25, -0.2) is 9.97 Å². The van der Waals surface area contributed by atoms with Crippen LogP contribution in [0.2, 0.25) is 0 Å². The molecule has 1 fully saturated rings. The van der Waals surface area contributed by atoms with Crippen molar-refractivity contribution in [3.63, 3.8) is 0 Å². The lowest BCUT2D eigenvalue weighted by molar-refractivity contribution is -0.184. The predicted molar refractivity (Wildman–Crippen MR) is 139 cm³/mol. The summed E-state index contributed by atoms with van der Waals surface area (Å²) in [5.74, 6) is -0.338. The Morgan fingerprint density at radius 3 is 2.17 bits per heavy atom. The van der Waals surface area contributed by atoms with Crippen LogP contribution in [-0.2, 0) is 22.9 Å². The zero-order valence-electron chi connectivity index (χ0n) is 22.9. The monoisotopic (exact) mass is 567 g/mol. The van der Waals surface area contributed by atoms with Crippen LogP contribution in [0.15, 0.2) is 42.7 Å². The second kappa shape index (κ2) is 11.8. The van der Waals surface area contributed by atoms with Crippen molar-refractivity contribution in [3.05, 3.63) is 81.9 Å². The van der Waals surface area contributed by atoms with Crippen LogP contribution in [0.3, 0.4) is 0 Å². The van der Waals surface area contributed by atoms with E-state index in [9.17, 15) is 31.1 Å². The molecule has 1 aromatic carbocycles. The first kappa shape index (κ1) is 30.8. The van der Waals surface area contributed by atoms with Gasteiger partial charge in [0, 0.05) is 32.5 Å². The quantitative estimate of drug-likeness (QED) is 0.275. The molecule has 4 rings (SSSR count). The fraction of sp³-hybridized carbons (Fsp3) is 0.429. The van der Waals surface area contributed by atoms with Crippen molar-refractivity contribution >= 4 is 12.4 Å². The van der Waals surface area contributed by atoms with Crippen LogP contribution in [0.5, 0.6) is 0 Å². The highest BCUT2D eigenvalue weighted by Crippen LogP contribution is 2.49. The highest BCUT2D eigenvalue weighted by atomic mass is 19.4. The molecule has 6 nitrogen and oxygen atoms in total. The molecule has 1 atom stereocenters. The van der Waals surface area contributed by atoms with Gasteiger partial charge in [0.2, 0.25) is 12.4 Å². The second-order valence-electron chi connectivity index (χ2n) is 10.0. The molecule has 1 unspecified atom stereocenters. The summed E-state index contributed by atoms with van der Waals surface area (Å²) in [6.07, 6.45) is -6.06. The SMILES string of the molecule is CN(C=O)Cc1ccccn1.Cc1cnc(N2CCC(c3cc(C)c(C)c(C)c3)(C(F)(F)F)C2)nc1C(F)(F)F. The predicted octanol–water partition coefficient (Wildman–Crippen LogP) is 6.11. The van der Waals surface area contributed by atoms with Crippen molar-refractivity contribution in [3.8, 4) is 0 Å². The van der Waals surface area contributed by atoms with Gasteiger partial charge in [-0.3, -0.25) is 9.78 Å². The van der Waals surface area contributed by atoms with Gasteiger partial charge in [-0.2, -0.15) is 26.3 Å². The topological polar surface area (TPSA) is 62.2 Å². The van der Waals surface area contributed by atoms with Crippen LogP contribution in [-0.4, -0.2) is 52.6 Å². The van der Waals surface area contributed by atoms with Crippen molar-refractivity contribution in [2.75, 3.05) is 25.0 Å². The van der Waals surface area contributed by atoms with Crippen LogP contribution < -0.4 is 4.90 Å². The molecule has 1 amide bonds. The molecule has 2 aromatic heterocycles. The molecular weight excluding hydrogens is 536 g/mol. The molecule has 0 radical (unpaired) electrons. The molecule has 1 saturated heterocycles. The summed E-state index contributed by atoms with van der Waals surface area (Å²) >= 11 is 0. The molecule has 0 aliphatic carbocycles. The van der Waals surface area contributed by atoms with E-state index in [-0.39, 0.29) is 30.0 Å². The smallest absolute Gasteiger partial charge is 0.342 e. The maximum Gasteiger partial charge on any atom is 0.433 e. The second-order valence-corrected chi connectivity index (χ2v) is 10.0. The molecule has 12 heteroatoms. The third-order valence-electron chi connectivity index (χ3n) is 7.12. The largest absolute Gasteiger partial charge is 0.433 e. The number of hydrogen-bond acceptors (Lipinski definition) is 5. The Morgan fingerprint density at radius 1 is 1.00 bits per heavy atom. The molecular formula is C28H31F6N5O. The van der Waals surface area contributed by atoms with Gasteiger partial charge in [-0.15, -0.1) is 0 Å². The molecule has 0 spiro atoms. The number of nitrogens with zero attached hydrogens (tertiary/aromatic N) is 5. The number of rotatable bonds is 5. The minimum atomic E-state index is -4.70. The van der Waals surface area contributed by atoms with E-state index in [0.717, 1.165) is 35.0 Å². The maximum atomic E-state index is 14.2. The summed E-state index contributed by atoms with van der Waals surface area (Å²) in [6, 6.07) is 8.69. The summed E-state index contributed by atoms with van der Waals surface area (Å²) in [6.45, 7) is 6.51. The number of aromatic nitrogens is 3. The number of pyridine rings is 1. The lowest BCUT2D eigenvalue weighted by Gasteiger charge is -2.33. The number of halogens is 6. The Bertz CT molecular complexity index is 1310. The molecule has 1 aliphatic heterocycles. The third kappa shape index (κ3) is 6.71. The van der Waals surface area contributed by atoms with Gasteiger partial charge >= 0.3 is 12.4 Å². The standard InChI is InChI=1S/C20H21F6N3.C8H10N2O/c1-11-7-15(8-12(2)14(11)4)18(20(24,25)26)5-6-29(10-18)17-27-9-13(3)16(28-17)19(21,22)23;1-10(7-11)6-8-4-2-3-5-9-8/h7-9H,5-6,10H2,1-4H3;2-5,7H,6H2,1H3. The molecule has 0 saturated carbocycles. The number of aryl methyl sites for hydroxylation is 3. The Kier molecular flexibility index (Phi) is 9.10. The lowest BCUT2D eigenvalue weighted by atomic mass is 9.77. The van der Waals surface area contributed by atoms with Crippen LogP contribution in [0, 0.1) is 27.7 Å². The van der Waals surface area contributed by atoms with Crippen LogP contribution >= 0.6 is 0 Å². The zero-order chi connectivity index (χ0) is 29.9. The average Bonchev–Trinajstić information content (AvgIpc) is 3.35. The van der Waals surface area contributed by atoms with Crippen molar-refractivity contribution in [1.29, 1.82) is 0 Å². The number of anilines is 1. The van der Waals surface area contributed by atoms with Gasteiger partial charge in [-0.05, 0) is 74.1 Å².